The molecule has 0 saturated carbocycles. The molecule has 4 rings (SSSR count). The molecule has 0 amide bonds. The third-order valence-electron chi connectivity index (χ3n) is 4.51. The van der Waals surface area contributed by atoms with Crippen molar-refractivity contribution >= 4 is 57.4 Å². The van der Waals surface area contributed by atoms with Crippen molar-refractivity contribution in [2.75, 3.05) is 11.3 Å². The molecule has 4 aromatic rings. The Kier molecular flexibility index (Phi) is 6.13. The summed E-state index contributed by atoms with van der Waals surface area (Å²) in [6, 6.07) is 19.9. The Labute approximate surface area is 188 Å². The van der Waals surface area contributed by atoms with Gasteiger partial charge < -0.3 is 5.84 Å². The first kappa shape index (κ1) is 20.5. The fourth-order valence-electron chi connectivity index (χ4n) is 2.84. The molecular formula is C21H18Cl2N6S. The SMILES string of the molecule is C/C(=N\Nc1nnc(SCc2ccc(Cl)c(Cl)c2)n1N)c1ccc2ccccc2c1. The van der Waals surface area contributed by atoms with E-state index in [9.17, 15) is 0 Å². The number of fused-ring (bicyclic) bond motifs is 1. The van der Waals surface area contributed by atoms with Gasteiger partial charge in [-0.05, 0) is 47.0 Å². The Morgan fingerprint density at radius 3 is 2.63 bits per heavy atom. The van der Waals surface area contributed by atoms with Crippen LogP contribution in [0.1, 0.15) is 18.1 Å². The number of nitrogen functional groups attached to an aromatic ring is 1. The van der Waals surface area contributed by atoms with Crippen LogP contribution >= 0.6 is 35.0 Å². The Morgan fingerprint density at radius 1 is 1.03 bits per heavy atom. The molecule has 1 heterocycles. The van der Waals surface area contributed by atoms with Gasteiger partial charge in [0.25, 0.3) is 5.95 Å². The lowest BCUT2D eigenvalue weighted by Crippen LogP contribution is -2.13. The van der Waals surface area contributed by atoms with Crippen molar-refractivity contribution < 1.29 is 0 Å². The maximum absolute atomic E-state index is 6.11. The molecule has 0 aliphatic rings. The maximum Gasteiger partial charge on any atom is 0.264 e. The minimum Gasteiger partial charge on any atom is -0.334 e. The zero-order valence-corrected chi connectivity index (χ0v) is 18.3. The number of thioether (sulfide) groups is 1. The summed E-state index contributed by atoms with van der Waals surface area (Å²) in [6.07, 6.45) is 0. The molecule has 30 heavy (non-hydrogen) atoms. The van der Waals surface area contributed by atoms with Crippen molar-refractivity contribution in [1.29, 1.82) is 0 Å². The predicted octanol–water partition coefficient (Wildman–Crippen LogP) is 5.58. The minimum atomic E-state index is 0.353. The zero-order valence-electron chi connectivity index (χ0n) is 16.0. The summed E-state index contributed by atoms with van der Waals surface area (Å²) in [5.74, 6) is 7.10. The molecule has 1 aromatic heterocycles. The highest BCUT2D eigenvalue weighted by atomic mass is 35.5. The lowest BCUT2D eigenvalue weighted by molar-refractivity contribution is 0.846. The largest absolute Gasteiger partial charge is 0.334 e. The number of nitrogens with one attached hydrogen (secondary N) is 1. The van der Waals surface area contributed by atoms with Crippen LogP contribution in [-0.4, -0.2) is 20.6 Å². The van der Waals surface area contributed by atoms with Crippen molar-refractivity contribution in [2.24, 2.45) is 5.10 Å². The van der Waals surface area contributed by atoms with Crippen LogP contribution in [-0.2, 0) is 5.75 Å². The lowest BCUT2D eigenvalue weighted by atomic mass is 10.0. The molecule has 9 heteroatoms. The Bertz CT molecular complexity index is 1240. The second kappa shape index (κ2) is 8.95. The van der Waals surface area contributed by atoms with E-state index in [1.165, 1.54) is 21.8 Å². The van der Waals surface area contributed by atoms with Gasteiger partial charge in [-0.1, -0.05) is 77.4 Å². The van der Waals surface area contributed by atoms with E-state index in [4.69, 9.17) is 29.0 Å². The highest BCUT2D eigenvalue weighted by Gasteiger charge is 2.11. The summed E-state index contributed by atoms with van der Waals surface area (Å²) in [7, 11) is 0. The molecule has 0 fully saturated rings. The second-order valence-corrected chi connectivity index (χ2v) is 8.34. The second-order valence-electron chi connectivity index (χ2n) is 6.58. The van der Waals surface area contributed by atoms with Crippen molar-refractivity contribution in [3.63, 3.8) is 0 Å². The van der Waals surface area contributed by atoms with Crippen molar-refractivity contribution in [1.82, 2.24) is 14.9 Å². The van der Waals surface area contributed by atoms with Crippen molar-refractivity contribution in [2.45, 2.75) is 17.8 Å². The quantitative estimate of drug-likeness (QED) is 0.171. The lowest BCUT2D eigenvalue weighted by Gasteiger charge is -2.06. The van der Waals surface area contributed by atoms with Crippen LogP contribution in [0, 0.1) is 0 Å². The Balaban J connectivity index is 1.44. The summed E-state index contributed by atoms with van der Waals surface area (Å²) in [4.78, 5) is 0. The number of aromatic nitrogens is 3. The molecule has 3 N–H and O–H groups in total. The van der Waals surface area contributed by atoms with E-state index in [2.05, 4.69) is 45.0 Å². The highest BCUT2D eigenvalue weighted by Crippen LogP contribution is 2.27. The number of nitrogens with zero attached hydrogens (tertiary/aromatic N) is 4. The van der Waals surface area contributed by atoms with E-state index in [-0.39, 0.29) is 0 Å². The number of anilines is 1. The van der Waals surface area contributed by atoms with E-state index < -0.39 is 0 Å². The number of hydrazone groups is 1. The van der Waals surface area contributed by atoms with E-state index >= 15 is 0 Å². The normalized spacial score (nSPS) is 11.8. The van der Waals surface area contributed by atoms with E-state index in [1.807, 2.05) is 37.3 Å². The number of benzene rings is 3. The molecule has 0 radical (unpaired) electrons. The fourth-order valence-corrected chi connectivity index (χ4v) is 3.96. The predicted molar refractivity (Wildman–Crippen MR) is 126 cm³/mol. The van der Waals surface area contributed by atoms with Gasteiger partial charge in [0.1, 0.15) is 0 Å². The number of halogens is 2. The molecule has 0 spiro atoms. The zero-order chi connectivity index (χ0) is 21.1. The van der Waals surface area contributed by atoms with Gasteiger partial charge in [-0.3, -0.25) is 0 Å². The molecule has 0 aliphatic heterocycles. The van der Waals surface area contributed by atoms with Gasteiger partial charge in [-0.15, -0.1) is 10.2 Å². The summed E-state index contributed by atoms with van der Waals surface area (Å²) in [5.41, 5.74) is 5.73. The van der Waals surface area contributed by atoms with Crippen LogP contribution in [0.2, 0.25) is 10.0 Å². The van der Waals surface area contributed by atoms with Gasteiger partial charge in [0, 0.05) is 5.75 Å². The van der Waals surface area contributed by atoms with Crippen molar-refractivity contribution in [3.8, 4) is 0 Å². The molecular weight excluding hydrogens is 439 g/mol. The van der Waals surface area contributed by atoms with Crippen LogP contribution in [0.3, 0.4) is 0 Å². The van der Waals surface area contributed by atoms with E-state index in [0.717, 1.165) is 22.2 Å². The van der Waals surface area contributed by atoms with E-state index in [1.54, 1.807) is 6.07 Å². The third kappa shape index (κ3) is 4.53. The van der Waals surface area contributed by atoms with Gasteiger partial charge in [-0.2, -0.15) is 5.10 Å². The average molecular weight is 457 g/mol. The first-order valence-corrected chi connectivity index (χ1v) is 10.8. The van der Waals surface area contributed by atoms with Gasteiger partial charge in [0.2, 0.25) is 5.16 Å². The summed E-state index contributed by atoms with van der Waals surface area (Å²) in [6.45, 7) is 1.92. The molecule has 6 nitrogen and oxygen atoms in total. The standard InChI is InChI=1S/C21H18Cl2N6S/c1-13(16-8-7-15-4-2-3-5-17(15)11-16)25-26-20-27-28-21(29(20)24)30-12-14-6-9-18(22)19(23)10-14/h2-11H,12,24H2,1H3,(H,26,27)/b25-13+. The van der Waals surface area contributed by atoms with Crippen LogP contribution < -0.4 is 11.3 Å². The monoisotopic (exact) mass is 456 g/mol. The first-order valence-electron chi connectivity index (χ1n) is 9.08. The number of hydrogen-bond donors (Lipinski definition) is 2. The first-order chi connectivity index (χ1) is 14.5. The average Bonchev–Trinajstić information content (AvgIpc) is 3.12. The molecule has 152 valence electrons. The fraction of sp³-hybridized carbons (Fsp3) is 0.0952. The third-order valence-corrected chi connectivity index (χ3v) is 6.26. The summed E-state index contributed by atoms with van der Waals surface area (Å²) in [5, 5.41) is 16.6. The minimum absolute atomic E-state index is 0.353. The van der Waals surface area contributed by atoms with Gasteiger partial charge in [0.15, 0.2) is 0 Å². The summed E-state index contributed by atoms with van der Waals surface area (Å²) < 4.78 is 1.37. The van der Waals surface area contributed by atoms with Gasteiger partial charge >= 0.3 is 0 Å². The molecule has 0 bridgehead atoms. The van der Waals surface area contributed by atoms with Crippen molar-refractivity contribution in [3.05, 3.63) is 81.8 Å². The highest BCUT2D eigenvalue weighted by molar-refractivity contribution is 7.98. The number of rotatable bonds is 6. The molecule has 0 atom stereocenters. The number of hydrogen-bond acceptors (Lipinski definition) is 6. The van der Waals surface area contributed by atoms with Crippen LogP contribution in [0.15, 0.2) is 70.9 Å². The molecule has 0 unspecified atom stereocenters. The summed E-state index contributed by atoms with van der Waals surface area (Å²) >= 11 is 13.5. The van der Waals surface area contributed by atoms with Gasteiger partial charge in [-0.25, -0.2) is 10.1 Å². The molecule has 3 aromatic carbocycles. The molecule has 0 saturated heterocycles. The van der Waals surface area contributed by atoms with Crippen LogP contribution in [0.25, 0.3) is 10.8 Å². The Hall–Kier alpha value is -2.74. The maximum atomic E-state index is 6.11. The van der Waals surface area contributed by atoms with Crippen LogP contribution in [0.4, 0.5) is 5.95 Å². The molecule has 0 aliphatic carbocycles. The Morgan fingerprint density at radius 2 is 1.83 bits per heavy atom. The van der Waals surface area contributed by atoms with Crippen LogP contribution in [0.5, 0.6) is 0 Å². The number of nitrogens with two attached hydrogens (primary N) is 1. The smallest absolute Gasteiger partial charge is 0.264 e. The topological polar surface area (TPSA) is 81.1 Å². The van der Waals surface area contributed by atoms with Gasteiger partial charge in [0.05, 0.1) is 15.8 Å². The van der Waals surface area contributed by atoms with E-state index in [0.29, 0.717) is 26.9 Å².